The summed E-state index contributed by atoms with van der Waals surface area (Å²) in [4.78, 5) is 16.6. The van der Waals surface area contributed by atoms with Crippen molar-refractivity contribution in [2.75, 3.05) is 12.3 Å². The van der Waals surface area contributed by atoms with E-state index in [9.17, 15) is 18.0 Å². The SMILES string of the molecule is CCOC(=O)c1sc(-c2ccccc2)nc1Oc1ccc(N)c(C(F)(F)F)c1. The molecule has 3 aromatic rings. The minimum atomic E-state index is -4.63. The van der Waals surface area contributed by atoms with Gasteiger partial charge in [0.15, 0.2) is 4.88 Å². The third-order valence-electron chi connectivity index (χ3n) is 3.62. The predicted molar refractivity (Wildman–Crippen MR) is 99.4 cm³/mol. The summed E-state index contributed by atoms with van der Waals surface area (Å²) in [6, 6.07) is 12.2. The number of halogens is 3. The molecule has 5 nitrogen and oxygen atoms in total. The second-order valence-electron chi connectivity index (χ2n) is 5.59. The van der Waals surface area contributed by atoms with Crippen LogP contribution in [0.2, 0.25) is 0 Å². The summed E-state index contributed by atoms with van der Waals surface area (Å²) >= 11 is 1.04. The molecule has 2 N–H and O–H groups in total. The van der Waals surface area contributed by atoms with E-state index < -0.39 is 23.4 Å². The zero-order chi connectivity index (χ0) is 20.3. The van der Waals surface area contributed by atoms with Gasteiger partial charge in [0.1, 0.15) is 10.8 Å². The van der Waals surface area contributed by atoms with Gasteiger partial charge in [-0.15, -0.1) is 11.3 Å². The fourth-order valence-electron chi connectivity index (χ4n) is 2.36. The normalized spacial score (nSPS) is 11.3. The number of anilines is 1. The monoisotopic (exact) mass is 408 g/mol. The van der Waals surface area contributed by atoms with Crippen LogP contribution in [0.25, 0.3) is 10.6 Å². The van der Waals surface area contributed by atoms with Crippen LogP contribution in [-0.2, 0) is 10.9 Å². The maximum atomic E-state index is 13.1. The highest BCUT2D eigenvalue weighted by Crippen LogP contribution is 2.39. The highest BCUT2D eigenvalue weighted by molar-refractivity contribution is 7.17. The number of carbonyl (C=O) groups is 1. The number of benzene rings is 2. The summed E-state index contributed by atoms with van der Waals surface area (Å²) in [6.45, 7) is 1.78. The van der Waals surface area contributed by atoms with Crippen molar-refractivity contribution in [2.24, 2.45) is 0 Å². The zero-order valence-electron chi connectivity index (χ0n) is 14.6. The quantitative estimate of drug-likeness (QED) is 0.453. The summed E-state index contributed by atoms with van der Waals surface area (Å²) in [5.41, 5.74) is 4.69. The molecule has 0 amide bonds. The van der Waals surface area contributed by atoms with Crippen molar-refractivity contribution < 1.29 is 27.4 Å². The average molecular weight is 408 g/mol. The molecule has 0 aliphatic rings. The van der Waals surface area contributed by atoms with Crippen molar-refractivity contribution in [3.8, 4) is 22.2 Å². The molecular formula is C19H15F3N2O3S. The number of nitrogen functional groups attached to an aromatic ring is 1. The second-order valence-corrected chi connectivity index (χ2v) is 6.59. The number of aromatic nitrogens is 1. The Kier molecular flexibility index (Phi) is 5.55. The van der Waals surface area contributed by atoms with E-state index in [4.69, 9.17) is 15.2 Å². The smallest absolute Gasteiger partial charge is 0.418 e. The van der Waals surface area contributed by atoms with Gasteiger partial charge < -0.3 is 15.2 Å². The van der Waals surface area contributed by atoms with Gasteiger partial charge in [-0.1, -0.05) is 30.3 Å². The molecule has 0 bridgehead atoms. The van der Waals surface area contributed by atoms with E-state index in [1.54, 1.807) is 31.2 Å². The number of esters is 1. The van der Waals surface area contributed by atoms with Crippen LogP contribution in [0, 0.1) is 0 Å². The molecule has 146 valence electrons. The van der Waals surface area contributed by atoms with E-state index in [0.29, 0.717) is 5.01 Å². The first-order chi connectivity index (χ1) is 13.3. The molecule has 0 radical (unpaired) electrons. The standard InChI is InChI=1S/C19H15F3N2O3S/c1-2-26-18(25)15-16(24-17(28-15)11-6-4-3-5-7-11)27-12-8-9-14(23)13(10-12)19(20,21)22/h3-10H,2,23H2,1H3. The maximum Gasteiger partial charge on any atom is 0.418 e. The van der Waals surface area contributed by atoms with Crippen LogP contribution in [0.3, 0.4) is 0 Å². The van der Waals surface area contributed by atoms with Gasteiger partial charge in [-0.05, 0) is 25.1 Å². The van der Waals surface area contributed by atoms with Gasteiger partial charge in [-0.25, -0.2) is 9.78 Å². The van der Waals surface area contributed by atoms with E-state index in [0.717, 1.165) is 29.0 Å². The fraction of sp³-hybridized carbons (Fsp3) is 0.158. The molecule has 0 aliphatic carbocycles. The first-order valence-corrected chi connectivity index (χ1v) is 8.99. The first-order valence-electron chi connectivity index (χ1n) is 8.17. The van der Waals surface area contributed by atoms with Crippen LogP contribution in [0.4, 0.5) is 18.9 Å². The topological polar surface area (TPSA) is 74.4 Å². The highest BCUT2D eigenvalue weighted by atomic mass is 32.1. The summed E-state index contributed by atoms with van der Waals surface area (Å²) in [5.74, 6) is -0.930. The lowest BCUT2D eigenvalue weighted by Gasteiger charge is -2.12. The number of hydrogen-bond donors (Lipinski definition) is 1. The Labute approximate surface area is 162 Å². The molecular weight excluding hydrogens is 393 g/mol. The van der Waals surface area contributed by atoms with Gasteiger partial charge in [0.25, 0.3) is 0 Å². The first kappa shape index (κ1) is 19.7. The summed E-state index contributed by atoms with van der Waals surface area (Å²) in [5, 5.41) is 0.477. The van der Waals surface area contributed by atoms with Crippen LogP contribution >= 0.6 is 11.3 Å². The molecule has 0 unspecified atom stereocenters. The van der Waals surface area contributed by atoms with Crippen molar-refractivity contribution in [2.45, 2.75) is 13.1 Å². The molecule has 9 heteroatoms. The molecule has 2 aromatic carbocycles. The lowest BCUT2D eigenvalue weighted by atomic mass is 10.1. The van der Waals surface area contributed by atoms with Crippen LogP contribution in [0.15, 0.2) is 48.5 Å². The van der Waals surface area contributed by atoms with Gasteiger partial charge in [-0.2, -0.15) is 13.2 Å². The van der Waals surface area contributed by atoms with Crippen molar-refractivity contribution in [3.05, 3.63) is 59.0 Å². The Balaban J connectivity index is 2.01. The van der Waals surface area contributed by atoms with Crippen LogP contribution in [0.5, 0.6) is 11.6 Å². The number of alkyl halides is 3. The summed E-state index contributed by atoms with van der Waals surface area (Å²) in [6.07, 6.45) is -4.63. The largest absolute Gasteiger partial charge is 0.462 e. The lowest BCUT2D eigenvalue weighted by molar-refractivity contribution is -0.137. The number of rotatable bonds is 5. The third kappa shape index (κ3) is 4.25. The van der Waals surface area contributed by atoms with Gasteiger partial charge in [0.2, 0.25) is 5.88 Å². The predicted octanol–water partition coefficient (Wildman–Crippen LogP) is 5.38. The molecule has 0 saturated heterocycles. The Bertz CT molecular complexity index is 988. The molecule has 1 heterocycles. The summed E-state index contributed by atoms with van der Waals surface area (Å²) in [7, 11) is 0. The van der Waals surface area contributed by atoms with Gasteiger partial charge in [-0.3, -0.25) is 0 Å². The zero-order valence-corrected chi connectivity index (χ0v) is 15.4. The number of nitrogens with zero attached hydrogens (tertiary/aromatic N) is 1. The third-order valence-corrected chi connectivity index (χ3v) is 4.69. The number of thiazole rings is 1. The van der Waals surface area contributed by atoms with E-state index in [1.807, 2.05) is 6.07 Å². The molecule has 3 rings (SSSR count). The van der Waals surface area contributed by atoms with Crippen LogP contribution < -0.4 is 10.5 Å². The number of nitrogens with two attached hydrogens (primary N) is 1. The molecule has 0 fully saturated rings. The van der Waals surface area contributed by atoms with Crippen LogP contribution in [0.1, 0.15) is 22.2 Å². The van der Waals surface area contributed by atoms with Gasteiger partial charge in [0.05, 0.1) is 12.2 Å². The number of hydrogen-bond acceptors (Lipinski definition) is 6. The highest BCUT2D eigenvalue weighted by Gasteiger charge is 2.33. The van der Waals surface area contributed by atoms with E-state index in [2.05, 4.69) is 4.98 Å². The second kappa shape index (κ2) is 7.89. The van der Waals surface area contributed by atoms with Crippen molar-refractivity contribution in [1.29, 1.82) is 0 Å². The summed E-state index contributed by atoms with van der Waals surface area (Å²) < 4.78 is 49.7. The van der Waals surface area contributed by atoms with Crippen LogP contribution in [-0.4, -0.2) is 17.6 Å². The molecule has 28 heavy (non-hydrogen) atoms. The fourth-order valence-corrected chi connectivity index (χ4v) is 3.25. The maximum absolute atomic E-state index is 13.1. The Morgan fingerprint density at radius 2 is 1.89 bits per heavy atom. The molecule has 0 saturated carbocycles. The van der Waals surface area contributed by atoms with Crippen molar-refractivity contribution >= 4 is 23.0 Å². The molecule has 1 aromatic heterocycles. The minimum absolute atomic E-state index is 0.0612. The van der Waals surface area contributed by atoms with E-state index >= 15 is 0 Å². The Hall–Kier alpha value is -3.07. The lowest BCUT2D eigenvalue weighted by Crippen LogP contribution is -2.09. The molecule has 0 atom stereocenters. The number of ether oxygens (including phenoxy) is 2. The van der Waals surface area contributed by atoms with Crippen molar-refractivity contribution in [1.82, 2.24) is 4.98 Å². The van der Waals surface area contributed by atoms with Gasteiger partial charge in [0, 0.05) is 11.3 Å². The van der Waals surface area contributed by atoms with Crippen molar-refractivity contribution in [3.63, 3.8) is 0 Å². The minimum Gasteiger partial charge on any atom is -0.462 e. The average Bonchev–Trinajstić information content (AvgIpc) is 3.07. The Morgan fingerprint density at radius 1 is 1.18 bits per heavy atom. The number of carbonyl (C=O) groups excluding carboxylic acids is 1. The van der Waals surface area contributed by atoms with E-state index in [1.165, 1.54) is 6.07 Å². The van der Waals surface area contributed by atoms with Gasteiger partial charge >= 0.3 is 12.1 Å². The van der Waals surface area contributed by atoms with E-state index in [-0.39, 0.29) is 23.1 Å². The molecule has 0 spiro atoms. The Morgan fingerprint density at radius 3 is 2.54 bits per heavy atom. The molecule has 0 aliphatic heterocycles.